The number of hydrogen-bond acceptors (Lipinski definition) is 8. The molecule has 5 aromatic heterocycles. The highest BCUT2D eigenvalue weighted by Gasteiger charge is 2.43. The van der Waals surface area contributed by atoms with E-state index in [1.165, 1.54) is 0 Å². The Morgan fingerprint density at radius 1 is 0.483 bits per heavy atom. The summed E-state index contributed by atoms with van der Waals surface area (Å²) in [6, 6.07) is 35.1. The second-order valence-corrected chi connectivity index (χ2v) is 14.9. The maximum atomic E-state index is 6.55. The SMILES string of the molecule is Cn1cc(-c2ccc3c(c2)B2c4cc(-n5cccn5)cnc4Oc4cccc(c42)O3)cc1-c1ccc2c(c1)B1c3cc(-n4cccn4)cnc3Oc3cccc(c31)O2. The molecule has 0 saturated carbocycles. The van der Waals surface area contributed by atoms with Crippen LogP contribution in [0.4, 0.5) is 0 Å². The molecule has 13 heteroatoms. The first-order chi connectivity index (χ1) is 28.6. The summed E-state index contributed by atoms with van der Waals surface area (Å²) >= 11 is 0. The molecule has 0 amide bonds. The van der Waals surface area contributed by atoms with Gasteiger partial charge in [0, 0.05) is 54.7 Å². The molecule has 58 heavy (non-hydrogen) atoms. The van der Waals surface area contributed by atoms with Crippen LogP contribution in [-0.2, 0) is 7.05 Å². The number of pyridine rings is 2. The Labute approximate surface area is 331 Å². The zero-order chi connectivity index (χ0) is 38.1. The molecule has 13 rings (SSSR count). The van der Waals surface area contributed by atoms with Crippen LogP contribution < -0.4 is 51.7 Å². The van der Waals surface area contributed by atoms with E-state index in [-0.39, 0.29) is 13.4 Å². The van der Waals surface area contributed by atoms with Crippen LogP contribution in [0.15, 0.2) is 147 Å². The standard InChI is InChI=1S/C45H27B2N7O4/c1-52-25-28(26-10-12-36-31(18-26)46-33-21-29(53-16-4-14-50-53)23-48-44(33)57-40-8-2-6-38(55-36)42(40)46)20-35(52)27-11-13-37-32(19-27)47-34-22-30(54-17-5-15-51-54)24-49-45(34)58-41-9-3-7-39(56-37)43(41)47/h2-25H,1H3. The van der Waals surface area contributed by atoms with Crippen molar-refractivity contribution in [2.75, 3.05) is 0 Å². The molecule has 272 valence electrons. The van der Waals surface area contributed by atoms with Crippen molar-refractivity contribution in [3.63, 3.8) is 0 Å². The average molecular weight is 751 g/mol. The van der Waals surface area contributed by atoms with Crippen molar-refractivity contribution in [2.24, 2.45) is 7.05 Å². The molecule has 4 aliphatic heterocycles. The Morgan fingerprint density at radius 2 is 1.00 bits per heavy atom. The number of ether oxygens (including phenoxy) is 4. The van der Waals surface area contributed by atoms with Crippen LogP contribution in [0, 0.1) is 0 Å². The predicted octanol–water partition coefficient (Wildman–Crippen LogP) is 4.98. The number of aryl methyl sites for hydroxylation is 1. The van der Waals surface area contributed by atoms with E-state index in [1.54, 1.807) is 24.8 Å². The summed E-state index contributed by atoms with van der Waals surface area (Å²) in [5, 5.41) is 8.92. The highest BCUT2D eigenvalue weighted by molar-refractivity contribution is 6.99. The van der Waals surface area contributed by atoms with E-state index < -0.39 is 0 Å². The largest absolute Gasteiger partial charge is 0.458 e. The third-order valence-electron chi connectivity index (χ3n) is 11.6. The van der Waals surface area contributed by atoms with E-state index in [2.05, 4.69) is 82.6 Å². The summed E-state index contributed by atoms with van der Waals surface area (Å²) in [6.45, 7) is -0.302. The van der Waals surface area contributed by atoms with Crippen molar-refractivity contribution in [3.8, 4) is 80.0 Å². The fraction of sp³-hybridized carbons (Fsp3) is 0.0222. The lowest BCUT2D eigenvalue weighted by Gasteiger charge is -2.32. The fourth-order valence-corrected chi connectivity index (χ4v) is 9.05. The van der Waals surface area contributed by atoms with Crippen molar-refractivity contribution in [1.82, 2.24) is 34.1 Å². The Bertz CT molecular complexity index is 3150. The van der Waals surface area contributed by atoms with Gasteiger partial charge in [-0.1, -0.05) is 30.3 Å². The minimum atomic E-state index is -0.152. The van der Waals surface area contributed by atoms with Gasteiger partial charge in [0.2, 0.25) is 11.8 Å². The van der Waals surface area contributed by atoms with Gasteiger partial charge in [0.05, 0.1) is 23.8 Å². The number of fused-ring (bicyclic) bond motifs is 8. The van der Waals surface area contributed by atoms with Gasteiger partial charge in [-0.2, -0.15) is 10.2 Å². The van der Waals surface area contributed by atoms with Crippen LogP contribution in [0.3, 0.4) is 0 Å². The van der Waals surface area contributed by atoms with E-state index in [9.17, 15) is 0 Å². The first-order valence-corrected chi connectivity index (χ1v) is 19.0. The molecule has 0 radical (unpaired) electrons. The number of aromatic nitrogens is 7. The molecule has 0 atom stereocenters. The van der Waals surface area contributed by atoms with Gasteiger partial charge in [-0.25, -0.2) is 19.3 Å². The second kappa shape index (κ2) is 11.6. The summed E-state index contributed by atoms with van der Waals surface area (Å²) in [5.74, 6) is 5.84. The molecule has 4 aromatic carbocycles. The van der Waals surface area contributed by atoms with Crippen molar-refractivity contribution in [1.29, 1.82) is 0 Å². The number of benzene rings is 4. The van der Waals surface area contributed by atoms with Crippen LogP contribution in [0.5, 0.6) is 46.3 Å². The summed E-state index contributed by atoms with van der Waals surface area (Å²) in [4.78, 5) is 9.54. The third kappa shape index (κ3) is 4.52. The number of rotatable bonds is 4. The molecule has 0 spiro atoms. The molecule has 9 heterocycles. The number of hydrogen-bond donors (Lipinski definition) is 0. The minimum Gasteiger partial charge on any atom is -0.458 e. The zero-order valence-electron chi connectivity index (χ0n) is 30.8. The van der Waals surface area contributed by atoms with E-state index in [1.807, 2.05) is 70.3 Å². The van der Waals surface area contributed by atoms with Gasteiger partial charge in [-0.15, -0.1) is 0 Å². The van der Waals surface area contributed by atoms with Gasteiger partial charge in [-0.05, 0) is 111 Å². The minimum absolute atomic E-state index is 0.149. The van der Waals surface area contributed by atoms with Gasteiger partial charge in [0.1, 0.15) is 34.5 Å². The smallest absolute Gasteiger partial charge is 0.262 e. The first kappa shape index (κ1) is 31.4. The van der Waals surface area contributed by atoms with Crippen molar-refractivity contribution in [3.05, 3.63) is 147 Å². The molecule has 0 saturated heterocycles. The van der Waals surface area contributed by atoms with E-state index in [0.717, 1.165) is 101 Å². The molecule has 0 aliphatic carbocycles. The average Bonchev–Trinajstić information content (AvgIpc) is 4.07. The first-order valence-electron chi connectivity index (χ1n) is 19.0. The third-order valence-corrected chi connectivity index (χ3v) is 11.6. The Kier molecular flexibility index (Phi) is 6.29. The maximum absolute atomic E-state index is 6.55. The monoisotopic (exact) mass is 751 g/mol. The lowest BCUT2D eigenvalue weighted by atomic mass is 9.35. The molecule has 9 aromatic rings. The van der Waals surface area contributed by atoms with E-state index in [0.29, 0.717) is 11.8 Å². The van der Waals surface area contributed by atoms with Gasteiger partial charge in [-0.3, -0.25) is 0 Å². The highest BCUT2D eigenvalue weighted by atomic mass is 16.5. The lowest BCUT2D eigenvalue weighted by molar-refractivity contribution is 0.452. The van der Waals surface area contributed by atoms with Crippen LogP contribution >= 0.6 is 0 Å². The Morgan fingerprint density at radius 3 is 1.53 bits per heavy atom. The normalized spacial score (nSPS) is 13.4. The molecule has 0 bridgehead atoms. The van der Waals surface area contributed by atoms with Gasteiger partial charge < -0.3 is 23.5 Å². The van der Waals surface area contributed by atoms with Crippen molar-refractivity contribution in [2.45, 2.75) is 0 Å². The van der Waals surface area contributed by atoms with E-state index >= 15 is 0 Å². The molecule has 0 unspecified atom stereocenters. The van der Waals surface area contributed by atoms with Gasteiger partial charge in [0.15, 0.2) is 0 Å². The van der Waals surface area contributed by atoms with Gasteiger partial charge >= 0.3 is 0 Å². The quantitative estimate of drug-likeness (QED) is 0.233. The molecule has 11 nitrogen and oxygen atoms in total. The van der Waals surface area contributed by atoms with Crippen LogP contribution in [0.1, 0.15) is 0 Å². The summed E-state index contributed by atoms with van der Waals surface area (Å²) in [6.07, 6.45) is 13.1. The van der Waals surface area contributed by atoms with Gasteiger partial charge in [0.25, 0.3) is 13.4 Å². The maximum Gasteiger partial charge on any atom is 0.262 e. The molecule has 0 fully saturated rings. The highest BCUT2D eigenvalue weighted by Crippen LogP contribution is 2.38. The fourth-order valence-electron chi connectivity index (χ4n) is 9.05. The van der Waals surface area contributed by atoms with Crippen molar-refractivity contribution >= 4 is 46.2 Å². The predicted molar refractivity (Wildman–Crippen MR) is 221 cm³/mol. The second-order valence-electron chi connectivity index (χ2n) is 14.9. The Balaban J connectivity index is 0.912. The summed E-state index contributed by atoms with van der Waals surface area (Å²) in [5.41, 5.74) is 12.0. The molecular weight excluding hydrogens is 724 g/mol. The molecule has 4 aliphatic rings. The summed E-state index contributed by atoms with van der Waals surface area (Å²) < 4.78 is 31.7. The topological polar surface area (TPSA) is 103 Å². The lowest BCUT2D eigenvalue weighted by Crippen LogP contribution is -2.57. The van der Waals surface area contributed by atoms with Crippen molar-refractivity contribution < 1.29 is 18.9 Å². The molecular formula is C45H27B2N7O4. The zero-order valence-corrected chi connectivity index (χ0v) is 30.8. The van der Waals surface area contributed by atoms with Crippen LogP contribution in [0.25, 0.3) is 33.8 Å². The molecule has 0 N–H and O–H groups in total. The number of nitrogens with zero attached hydrogens (tertiary/aromatic N) is 7. The summed E-state index contributed by atoms with van der Waals surface area (Å²) in [7, 11) is 2.09. The van der Waals surface area contributed by atoms with Crippen LogP contribution in [-0.4, -0.2) is 47.5 Å². The van der Waals surface area contributed by atoms with Crippen LogP contribution in [0.2, 0.25) is 0 Å². The van der Waals surface area contributed by atoms with E-state index in [4.69, 9.17) is 28.9 Å². The Hall–Kier alpha value is -7.79.